The van der Waals surface area contributed by atoms with E-state index in [9.17, 15) is 4.39 Å². The van der Waals surface area contributed by atoms with Gasteiger partial charge < -0.3 is 5.32 Å². The number of anilines is 1. The zero-order chi connectivity index (χ0) is 10.8. The van der Waals surface area contributed by atoms with Crippen molar-refractivity contribution in [2.24, 2.45) is 0 Å². The Hall–Kier alpha value is -1.13. The van der Waals surface area contributed by atoms with Crippen LogP contribution in [0.1, 0.15) is 0 Å². The summed E-state index contributed by atoms with van der Waals surface area (Å²) >= 11 is 7.07. The van der Waals surface area contributed by atoms with Crippen molar-refractivity contribution in [3.63, 3.8) is 0 Å². The van der Waals surface area contributed by atoms with E-state index in [1.165, 1.54) is 17.4 Å². The van der Waals surface area contributed by atoms with E-state index in [2.05, 4.69) is 10.3 Å². The highest BCUT2D eigenvalue weighted by Crippen LogP contribution is 2.31. The van der Waals surface area contributed by atoms with Gasteiger partial charge in [-0.3, -0.25) is 0 Å². The number of hydrogen-bond acceptors (Lipinski definition) is 3. The monoisotopic (exact) mass is 242 g/mol. The van der Waals surface area contributed by atoms with E-state index in [-0.39, 0.29) is 5.82 Å². The lowest BCUT2D eigenvalue weighted by Crippen LogP contribution is -1.83. The zero-order valence-electron chi connectivity index (χ0n) is 7.92. The average molecular weight is 243 g/mol. The summed E-state index contributed by atoms with van der Waals surface area (Å²) in [6.45, 7) is 0. The van der Waals surface area contributed by atoms with Crippen LogP contribution >= 0.6 is 22.9 Å². The van der Waals surface area contributed by atoms with E-state index in [1.807, 2.05) is 0 Å². The van der Waals surface area contributed by atoms with Crippen molar-refractivity contribution >= 4 is 28.1 Å². The van der Waals surface area contributed by atoms with E-state index in [0.717, 1.165) is 10.0 Å². The second kappa shape index (κ2) is 4.16. The molecule has 0 aliphatic rings. The number of nitrogens with one attached hydrogen (secondary N) is 1. The zero-order valence-corrected chi connectivity index (χ0v) is 9.49. The highest BCUT2D eigenvalue weighted by molar-refractivity contribution is 7.18. The molecular formula is C10H8ClFN2S. The van der Waals surface area contributed by atoms with Gasteiger partial charge in [0.05, 0.1) is 4.88 Å². The molecule has 0 radical (unpaired) electrons. The van der Waals surface area contributed by atoms with Crippen LogP contribution in [0.2, 0.25) is 5.02 Å². The summed E-state index contributed by atoms with van der Waals surface area (Å²) in [6.07, 6.45) is 1.64. The molecule has 0 aliphatic heterocycles. The lowest BCUT2D eigenvalue weighted by Gasteiger charge is -1.99. The molecule has 0 fully saturated rings. The van der Waals surface area contributed by atoms with Crippen molar-refractivity contribution in [1.82, 2.24) is 4.98 Å². The molecular weight excluding hydrogens is 235 g/mol. The Bertz CT molecular complexity index is 484. The fourth-order valence-electron chi connectivity index (χ4n) is 1.20. The van der Waals surface area contributed by atoms with Gasteiger partial charge in [0.15, 0.2) is 5.13 Å². The summed E-state index contributed by atoms with van der Waals surface area (Å²) in [5.41, 5.74) is 0.526. The molecule has 1 N–H and O–H groups in total. The van der Waals surface area contributed by atoms with Crippen LogP contribution in [0.25, 0.3) is 10.4 Å². The van der Waals surface area contributed by atoms with Gasteiger partial charge in [0, 0.05) is 23.8 Å². The molecule has 0 spiro atoms. The van der Waals surface area contributed by atoms with E-state index >= 15 is 0 Å². The normalized spacial score (nSPS) is 10.3. The first-order chi connectivity index (χ1) is 7.20. The Balaban J connectivity index is 2.44. The van der Waals surface area contributed by atoms with Crippen molar-refractivity contribution < 1.29 is 4.39 Å². The first-order valence-corrected chi connectivity index (χ1v) is 5.49. The first kappa shape index (κ1) is 10.4. The Morgan fingerprint density at radius 3 is 2.87 bits per heavy atom. The van der Waals surface area contributed by atoms with Gasteiger partial charge in [0.25, 0.3) is 0 Å². The molecule has 2 aromatic rings. The van der Waals surface area contributed by atoms with Gasteiger partial charge in [0.1, 0.15) is 5.82 Å². The number of halogens is 2. The summed E-state index contributed by atoms with van der Waals surface area (Å²) in [7, 11) is 1.78. The minimum absolute atomic E-state index is 0.325. The van der Waals surface area contributed by atoms with E-state index in [0.29, 0.717) is 10.6 Å². The van der Waals surface area contributed by atoms with Gasteiger partial charge in [-0.2, -0.15) is 0 Å². The van der Waals surface area contributed by atoms with Gasteiger partial charge in [-0.1, -0.05) is 22.9 Å². The minimum atomic E-state index is -0.325. The first-order valence-electron chi connectivity index (χ1n) is 4.29. The average Bonchev–Trinajstić information content (AvgIpc) is 2.66. The van der Waals surface area contributed by atoms with Crippen LogP contribution in [0.5, 0.6) is 0 Å². The van der Waals surface area contributed by atoms with Crippen molar-refractivity contribution in [2.75, 3.05) is 12.4 Å². The predicted molar refractivity (Wildman–Crippen MR) is 62.1 cm³/mol. The van der Waals surface area contributed by atoms with Gasteiger partial charge in [-0.05, 0) is 18.2 Å². The standard InChI is InChI=1S/C10H8ClFN2S/c1-13-10-14-5-9(15-10)7-3-2-6(11)4-8(7)12/h2-5H,1H3,(H,13,14). The topological polar surface area (TPSA) is 24.9 Å². The molecule has 0 unspecified atom stereocenters. The van der Waals surface area contributed by atoms with Crippen LogP contribution in [-0.2, 0) is 0 Å². The third-order valence-electron chi connectivity index (χ3n) is 1.92. The van der Waals surface area contributed by atoms with Crippen molar-refractivity contribution in [3.05, 3.63) is 35.2 Å². The molecule has 0 amide bonds. The Morgan fingerprint density at radius 1 is 1.47 bits per heavy atom. The number of thiazole rings is 1. The Kier molecular flexibility index (Phi) is 2.88. The van der Waals surface area contributed by atoms with Crippen LogP contribution < -0.4 is 5.32 Å². The fraction of sp³-hybridized carbons (Fsp3) is 0.100. The smallest absolute Gasteiger partial charge is 0.182 e. The number of hydrogen-bond donors (Lipinski definition) is 1. The Labute approximate surface area is 95.7 Å². The molecule has 1 aromatic carbocycles. The summed E-state index contributed by atoms with van der Waals surface area (Å²) in [4.78, 5) is 4.87. The lowest BCUT2D eigenvalue weighted by molar-refractivity contribution is 0.632. The molecule has 2 rings (SSSR count). The van der Waals surface area contributed by atoms with Crippen LogP contribution in [0, 0.1) is 5.82 Å². The SMILES string of the molecule is CNc1ncc(-c2ccc(Cl)cc2F)s1. The number of benzene rings is 1. The largest absolute Gasteiger partial charge is 0.365 e. The summed E-state index contributed by atoms with van der Waals surface area (Å²) in [5.74, 6) is -0.325. The van der Waals surface area contributed by atoms with Crippen LogP contribution in [0.3, 0.4) is 0 Å². The van der Waals surface area contributed by atoms with Crippen LogP contribution in [0.4, 0.5) is 9.52 Å². The Morgan fingerprint density at radius 2 is 2.27 bits per heavy atom. The maximum Gasteiger partial charge on any atom is 0.182 e. The highest BCUT2D eigenvalue weighted by atomic mass is 35.5. The molecule has 1 heterocycles. The quantitative estimate of drug-likeness (QED) is 0.870. The third kappa shape index (κ3) is 2.11. The van der Waals surface area contributed by atoms with E-state index in [1.54, 1.807) is 25.4 Å². The molecule has 0 saturated heterocycles. The van der Waals surface area contributed by atoms with Crippen molar-refractivity contribution in [3.8, 4) is 10.4 Å². The van der Waals surface area contributed by atoms with Gasteiger partial charge in [-0.15, -0.1) is 0 Å². The molecule has 2 nitrogen and oxygen atoms in total. The molecule has 78 valence electrons. The third-order valence-corrected chi connectivity index (χ3v) is 3.20. The number of aromatic nitrogens is 1. The number of rotatable bonds is 2. The second-order valence-electron chi connectivity index (χ2n) is 2.90. The van der Waals surface area contributed by atoms with Gasteiger partial charge >= 0.3 is 0 Å². The highest BCUT2D eigenvalue weighted by Gasteiger charge is 2.08. The summed E-state index contributed by atoms with van der Waals surface area (Å²) in [5, 5.41) is 4.07. The van der Waals surface area contributed by atoms with E-state index < -0.39 is 0 Å². The molecule has 0 bridgehead atoms. The maximum atomic E-state index is 13.5. The fourth-order valence-corrected chi connectivity index (χ4v) is 2.16. The molecule has 1 aromatic heterocycles. The van der Waals surface area contributed by atoms with Crippen molar-refractivity contribution in [1.29, 1.82) is 0 Å². The lowest BCUT2D eigenvalue weighted by atomic mass is 10.2. The molecule has 15 heavy (non-hydrogen) atoms. The minimum Gasteiger partial charge on any atom is -0.365 e. The van der Waals surface area contributed by atoms with Crippen LogP contribution in [-0.4, -0.2) is 12.0 Å². The van der Waals surface area contributed by atoms with E-state index in [4.69, 9.17) is 11.6 Å². The molecule has 0 atom stereocenters. The maximum absolute atomic E-state index is 13.5. The van der Waals surface area contributed by atoms with Gasteiger partial charge in [-0.25, -0.2) is 9.37 Å². The predicted octanol–water partition coefficient (Wildman–Crippen LogP) is 3.64. The molecule has 5 heteroatoms. The van der Waals surface area contributed by atoms with Crippen molar-refractivity contribution in [2.45, 2.75) is 0 Å². The summed E-state index contributed by atoms with van der Waals surface area (Å²) in [6, 6.07) is 4.62. The molecule has 0 saturated carbocycles. The summed E-state index contributed by atoms with van der Waals surface area (Å²) < 4.78 is 13.5. The second-order valence-corrected chi connectivity index (χ2v) is 4.37. The van der Waals surface area contributed by atoms with Gasteiger partial charge in [0.2, 0.25) is 0 Å². The number of nitrogens with zero attached hydrogens (tertiary/aromatic N) is 1. The van der Waals surface area contributed by atoms with Crippen LogP contribution in [0.15, 0.2) is 24.4 Å². The molecule has 0 aliphatic carbocycles.